The van der Waals surface area contributed by atoms with E-state index in [1.807, 2.05) is 6.07 Å². The van der Waals surface area contributed by atoms with Gasteiger partial charge in [-0.3, -0.25) is 0 Å². The summed E-state index contributed by atoms with van der Waals surface area (Å²) >= 11 is 0. The van der Waals surface area contributed by atoms with Crippen molar-refractivity contribution in [3.63, 3.8) is 0 Å². The highest BCUT2D eigenvalue weighted by molar-refractivity contribution is 6.11. The molecule has 0 atom stereocenters. The summed E-state index contributed by atoms with van der Waals surface area (Å²) in [6.07, 6.45) is 0. The topological polar surface area (TPSA) is 16.1 Å². The van der Waals surface area contributed by atoms with Crippen LogP contribution < -0.4 is 4.90 Å². The molecule has 5 rings (SSSR count). The molecule has 29 heavy (non-hydrogen) atoms. The number of rotatable bonds is 3. The lowest BCUT2D eigenvalue weighted by atomic mass is 9.97. The molecule has 0 N–H and O–H groups in total. The van der Waals surface area contributed by atoms with Crippen LogP contribution >= 0.6 is 0 Å². The van der Waals surface area contributed by atoms with Gasteiger partial charge in [0, 0.05) is 36.1 Å². The predicted molar refractivity (Wildman–Crippen MR) is 124 cm³/mol. The van der Waals surface area contributed by atoms with E-state index in [0.717, 1.165) is 16.8 Å². The minimum absolute atomic E-state index is 1.02. The van der Waals surface area contributed by atoms with Crippen LogP contribution in [0, 0.1) is 0 Å². The van der Waals surface area contributed by atoms with Crippen molar-refractivity contribution in [2.24, 2.45) is 0 Å². The number of benzene rings is 4. The van der Waals surface area contributed by atoms with E-state index in [4.69, 9.17) is 4.98 Å². The third-order valence-corrected chi connectivity index (χ3v) is 5.47. The molecule has 0 spiro atoms. The maximum Gasteiger partial charge on any atom is 0.0788 e. The lowest BCUT2D eigenvalue weighted by Crippen LogP contribution is -2.07. The molecule has 0 aliphatic heterocycles. The Morgan fingerprint density at radius 2 is 1.21 bits per heavy atom. The lowest BCUT2D eigenvalue weighted by molar-refractivity contribution is 1.13. The van der Waals surface area contributed by atoms with Crippen molar-refractivity contribution in [2.45, 2.75) is 0 Å². The zero-order valence-electron chi connectivity index (χ0n) is 16.6. The maximum absolute atomic E-state index is 5.04. The lowest BCUT2D eigenvalue weighted by Gasteiger charge is -2.14. The summed E-state index contributed by atoms with van der Waals surface area (Å²) in [7, 11) is 4.13. The highest BCUT2D eigenvalue weighted by atomic mass is 15.1. The minimum atomic E-state index is 1.02. The van der Waals surface area contributed by atoms with Gasteiger partial charge < -0.3 is 4.90 Å². The summed E-state index contributed by atoms with van der Waals surface area (Å²) in [4.78, 5) is 7.16. The van der Waals surface area contributed by atoms with E-state index in [0.29, 0.717) is 0 Å². The molecule has 0 aliphatic carbocycles. The first-order chi connectivity index (χ1) is 14.2. The smallest absolute Gasteiger partial charge is 0.0788 e. The summed E-state index contributed by atoms with van der Waals surface area (Å²) < 4.78 is 0. The van der Waals surface area contributed by atoms with Gasteiger partial charge >= 0.3 is 0 Å². The summed E-state index contributed by atoms with van der Waals surface area (Å²) in [5.41, 5.74) is 6.84. The Balaban J connectivity index is 1.72. The van der Waals surface area contributed by atoms with Crippen LogP contribution in [-0.4, -0.2) is 19.1 Å². The van der Waals surface area contributed by atoms with Crippen LogP contribution in [0.5, 0.6) is 0 Å². The monoisotopic (exact) mass is 374 g/mol. The van der Waals surface area contributed by atoms with Crippen LogP contribution in [0.1, 0.15) is 0 Å². The number of anilines is 1. The van der Waals surface area contributed by atoms with Crippen LogP contribution in [0.4, 0.5) is 5.69 Å². The second kappa shape index (κ2) is 7.06. The molecule has 0 unspecified atom stereocenters. The number of nitrogens with zero attached hydrogens (tertiary/aromatic N) is 2. The molecule has 2 heteroatoms. The fourth-order valence-electron chi connectivity index (χ4n) is 3.90. The molecular formula is C27H22N2. The molecule has 0 radical (unpaired) electrons. The number of fused-ring (bicyclic) bond motifs is 3. The Morgan fingerprint density at radius 1 is 0.552 bits per heavy atom. The molecule has 0 saturated carbocycles. The number of hydrogen-bond donors (Lipinski definition) is 0. The van der Waals surface area contributed by atoms with E-state index in [2.05, 4.69) is 110 Å². The van der Waals surface area contributed by atoms with E-state index in [-0.39, 0.29) is 0 Å². The first-order valence-electron chi connectivity index (χ1n) is 9.86. The van der Waals surface area contributed by atoms with Crippen LogP contribution in [0.25, 0.3) is 44.1 Å². The molecule has 0 saturated heterocycles. The van der Waals surface area contributed by atoms with Gasteiger partial charge in [0.15, 0.2) is 0 Å². The van der Waals surface area contributed by atoms with Crippen molar-refractivity contribution >= 4 is 27.4 Å². The van der Waals surface area contributed by atoms with E-state index in [1.165, 1.54) is 33.0 Å². The average Bonchev–Trinajstić information content (AvgIpc) is 2.79. The van der Waals surface area contributed by atoms with Crippen molar-refractivity contribution in [3.05, 3.63) is 97.1 Å². The fraction of sp³-hybridized carbons (Fsp3) is 0.0741. The summed E-state index contributed by atoms with van der Waals surface area (Å²) in [6.45, 7) is 0. The van der Waals surface area contributed by atoms with Gasteiger partial charge in [0.1, 0.15) is 0 Å². The van der Waals surface area contributed by atoms with E-state index >= 15 is 0 Å². The van der Waals surface area contributed by atoms with Crippen LogP contribution in [-0.2, 0) is 0 Å². The van der Waals surface area contributed by atoms with Crippen molar-refractivity contribution in [1.82, 2.24) is 4.98 Å². The summed E-state index contributed by atoms with van der Waals surface area (Å²) in [5.74, 6) is 0. The Kier molecular flexibility index (Phi) is 4.25. The Bertz CT molecular complexity index is 1300. The molecule has 5 aromatic rings. The van der Waals surface area contributed by atoms with Gasteiger partial charge in [0.05, 0.1) is 11.2 Å². The molecular weight excluding hydrogens is 352 g/mol. The highest BCUT2D eigenvalue weighted by Crippen LogP contribution is 2.34. The van der Waals surface area contributed by atoms with Crippen molar-refractivity contribution < 1.29 is 0 Å². The minimum Gasteiger partial charge on any atom is -0.378 e. The Morgan fingerprint density at radius 3 is 1.93 bits per heavy atom. The molecule has 0 fully saturated rings. The zero-order chi connectivity index (χ0) is 19.8. The molecule has 2 nitrogen and oxygen atoms in total. The van der Waals surface area contributed by atoms with Crippen LogP contribution in [0.2, 0.25) is 0 Å². The second-order valence-electron chi connectivity index (χ2n) is 7.55. The molecule has 1 aromatic heterocycles. The molecule has 1 heterocycles. The van der Waals surface area contributed by atoms with Gasteiger partial charge in [-0.25, -0.2) is 4.98 Å². The molecule has 0 amide bonds. The van der Waals surface area contributed by atoms with E-state index in [1.54, 1.807) is 0 Å². The van der Waals surface area contributed by atoms with Gasteiger partial charge in [-0.1, -0.05) is 72.8 Å². The van der Waals surface area contributed by atoms with Crippen molar-refractivity contribution in [3.8, 4) is 22.4 Å². The fourth-order valence-corrected chi connectivity index (χ4v) is 3.90. The predicted octanol–water partition coefficient (Wildman–Crippen LogP) is 6.79. The molecule has 0 bridgehead atoms. The number of pyridine rings is 1. The third kappa shape index (κ3) is 3.13. The summed E-state index contributed by atoms with van der Waals surface area (Å²) in [5, 5.41) is 3.61. The number of aromatic nitrogens is 1. The number of hydrogen-bond acceptors (Lipinski definition) is 2. The van der Waals surface area contributed by atoms with Crippen LogP contribution in [0.15, 0.2) is 97.1 Å². The van der Waals surface area contributed by atoms with Gasteiger partial charge in [-0.2, -0.15) is 0 Å². The first-order valence-corrected chi connectivity index (χ1v) is 9.86. The van der Waals surface area contributed by atoms with Gasteiger partial charge in [-0.15, -0.1) is 0 Å². The SMILES string of the molecule is CN(C)c1ccc(-c2ccc3nc(-c4ccccc4)c4ccccc4c3c2)cc1. The zero-order valence-corrected chi connectivity index (χ0v) is 16.6. The second-order valence-corrected chi connectivity index (χ2v) is 7.55. The normalized spacial score (nSPS) is 11.1. The van der Waals surface area contributed by atoms with Gasteiger partial charge in [0.25, 0.3) is 0 Å². The highest BCUT2D eigenvalue weighted by Gasteiger charge is 2.11. The van der Waals surface area contributed by atoms with Crippen molar-refractivity contribution in [1.29, 1.82) is 0 Å². The molecule has 0 aliphatic rings. The van der Waals surface area contributed by atoms with E-state index < -0.39 is 0 Å². The Hall–Kier alpha value is -3.65. The van der Waals surface area contributed by atoms with Crippen molar-refractivity contribution in [2.75, 3.05) is 19.0 Å². The summed E-state index contributed by atoms with van der Waals surface area (Å²) in [6, 6.07) is 34.3. The van der Waals surface area contributed by atoms with E-state index in [9.17, 15) is 0 Å². The third-order valence-electron chi connectivity index (χ3n) is 5.47. The average molecular weight is 374 g/mol. The van der Waals surface area contributed by atoms with Crippen LogP contribution in [0.3, 0.4) is 0 Å². The molecule has 140 valence electrons. The first kappa shape index (κ1) is 17.4. The van der Waals surface area contributed by atoms with Gasteiger partial charge in [0.2, 0.25) is 0 Å². The maximum atomic E-state index is 5.04. The molecule has 4 aromatic carbocycles. The quantitative estimate of drug-likeness (QED) is 0.323. The Labute approximate surface area is 171 Å². The largest absolute Gasteiger partial charge is 0.378 e. The standard InChI is InChI=1S/C27H22N2/c1-29(2)22-15-12-19(13-16-22)21-14-17-26-25(18-21)23-10-6-7-11-24(23)27(28-26)20-8-4-3-5-9-20/h3-18H,1-2H3. The van der Waals surface area contributed by atoms with Gasteiger partial charge in [-0.05, 0) is 40.8 Å².